The third-order valence-electron chi connectivity index (χ3n) is 8.48. The van der Waals surface area contributed by atoms with E-state index in [0.29, 0.717) is 5.56 Å². The summed E-state index contributed by atoms with van der Waals surface area (Å²) in [5, 5.41) is 12.3. The second-order valence-electron chi connectivity index (χ2n) is 10.5. The number of carbonyl (C=O) groups excluding carboxylic acids is 1. The Hall–Kier alpha value is -2.65. The summed E-state index contributed by atoms with van der Waals surface area (Å²) in [4.78, 5) is 11.9. The molecule has 164 valence electrons. The van der Waals surface area contributed by atoms with Crippen LogP contribution in [0.25, 0.3) is 21.9 Å². The van der Waals surface area contributed by atoms with Gasteiger partial charge in [-0.15, -0.1) is 0 Å². The van der Waals surface area contributed by atoms with E-state index < -0.39 is 0 Å². The third-order valence-corrected chi connectivity index (χ3v) is 8.48. The molecule has 0 aliphatic heterocycles. The first-order chi connectivity index (χ1) is 15.6. The summed E-state index contributed by atoms with van der Waals surface area (Å²) in [6.45, 7) is 0.116. The molecule has 0 atom stereocenters. The topological polar surface area (TPSA) is 46.5 Å². The zero-order valence-corrected chi connectivity index (χ0v) is 18.6. The number of aliphatic hydroxyl groups excluding tert-OH is 1. The Morgan fingerprint density at radius 3 is 2.12 bits per heavy atom. The highest BCUT2D eigenvalue weighted by atomic mass is 16.5. The normalized spacial score (nSPS) is 28.2. The van der Waals surface area contributed by atoms with Crippen molar-refractivity contribution < 1.29 is 14.6 Å². The largest absolute Gasteiger partial charge is 0.465 e. The van der Waals surface area contributed by atoms with Gasteiger partial charge in [-0.05, 0) is 113 Å². The van der Waals surface area contributed by atoms with Gasteiger partial charge >= 0.3 is 5.97 Å². The summed E-state index contributed by atoms with van der Waals surface area (Å²) in [6.07, 6.45) is 8.15. The Bertz CT molecular complexity index is 1170. The lowest BCUT2D eigenvalue weighted by atomic mass is 9.47. The first-order valence-electron chi connectivity index (χ1n) is 11.9. The molecule has 3 aromatic carbocycles. The van der Waals surface area contributed by atoms with Gasteiger partial charge in [0.1, 0.15) is 0 Å². The molecule has 4 aliphatic rings. The van der Waals surface area contributed by atoms with Gasteiger partial charge in [-0.1, -0.05) is 36.4 Å². The molecule has 0 amide bonds. The second-order valence-corrected chi connectivity index (χ2v) is 10.5. The molecule has 3 nitrogen and oxygen atoms in total. The fourth-order valence-corrected chi connectivity index (χ4v) is 7.50. The van der Waals surface area contributed by atoms with E-state index in [1.807, 2.05) is 18.2 Å². The van der Waals surface area contributed by atoms with Gasteiger partial charge in [0.25, 0.3) is 0 Å². The molecule has 0 heterocycles. The molecular formula is C29H30O3. The maximum Gasteiger partial charge on any atom is 0.337 e. The number of hydrogen-bond donors (Lipinski definition) is 1. The Labute approximate surface area is 189 Å². The van der Waals surface area contributed by atoms with Crippen molar-refractivity contribution in [1.29, 1.82) is 0 Å². The van der Waals surface area contributed by atoms with Gasteiger partial charge < -0.3 is 9.84 Å². The Balaban J connectivity index is 1.41. The number of esters is 1. The van der Waals surface area contributed by atoms with Crippen molar-refractivity contribution in [2.45, 2.75) is 50.5 Å². The number of rotatable bonds is 4. The highest BCUT2D eigenvalue weighted by Gasteiger charge is 2.52. The van der Waals surface area contributed by atoms with Gasteiger partial charge in [0.2, 0.25) is 0 Å². The Morgan fingerprint density at radius 2 is 1.47 bits per heavy atom. The average molecular weight is 427 g/mol. The average Bonchev–Trinajstić information content (AvgIpc) is 2.81. The second kappa shape index (κ2) is 7.45. The molecule has 3 aromatic rings. The van der Waals surface area contributed by atoms with Crippen LogP contribution >= 0.6 is 0 Å². The molecule has 0 radical (unpaired) electrons. The van der Waals surface area contributed by atoms with Crippen LogP contribution in [-0.4, -0.2) is 18.2 Å². The number of ether oxygens (including phenoxy) is 1. The molecule has 0 saturated heterocycles. The zero-order valence-electron chi connectivity index (χ0n) is 18.6. The summed E-state index contributed by atoms with van der Waals surface area (Å²) in [5.74, 6) is 2.32. The quantitative estimate of drug-likeness (QED) is 0.501. The Kier molecular flexibility index (Phi) is 4.65. The van der Waals surface area contributed by atoms with Crippen LogP contribution in [0, 0.1) is 17.8 Å². The monoisotopic (exact) mass is 426 g/mol. The lowest BCUT2D eigenvalue weighted by molar-refractivity contribution is -0.00600. The van der Waals surface area contributed by atoms with E-state index in [-0.39, 0.29) is 18.0 Å². The molecule has 4 bridgehead atoms. The molecule has 32 heavy (non-hydrogen) atoms. The van der Waals surface area contributed by atoms with E-state index in [2.05, 4.69) is 36.4 Å². The van der Waals surface area contributed by atoms with E-state index in [1.54, 1.807) is 0 Å². The molecule has 4 fully saturated rings. The minimum Gasteiger partial charge on any atom is -0.465 e. The van der Waals surface area contributed by atoms with Gasteiger partial charge in [-0.3, -0.25) is 0 Å². The van der Waals surface area contributed by atoms with Crippen LogP contribution in [0.3, 0.4) is 0 Å². The van der Waals surface area contributed by atoms with Crippen molar-refractivity contribution in [3.63, 3.8) is 0 Å². The van der Waals surface area contributed by atoms with Crippen LogP contribution in [0.5, 0.6) is 0 Å². The summed E-state index contributed by atoms with van der Waals surface area (Å²) < 4.78 is 4.85. The van der Waals surface area contributed by atoms with Gasteiger partial charge in [0.05, 0.1) is 19.3 Å². The van der Waals surface area contributed by atoms with Crippen LogP contribution in [-0.2, 0) is 16.8 Å². The third kappa shape index (κ3) is 3.17. The number of fused-ring (bicyclic) bond motifs is 1. The standard InChI is InChI=1S/C29H30O3/c1-32-28(31)25-6-4-21-11-22(2-3-23(21)12-25)24-5-7-26(17-30)27(13-24)29-14-18-8-19(15-29)10-20(9-18)16-29/h2-7,11-13,18-20,30H,8-10,14-17H2,1H3. The van der Waals surface area contributed by atoms with Crippen molar-refractivity contribution in [2.24, 2.45) is 17.8 Å². The number of hydrogen-bond acceptors (Lipinski definition) is 3. The van der Waals surface area contributed by atoms with E-state index in [0.717, 1.165) is 34.1 Å². The SMILES string of the molecule is COC(=O)c1ccc2cc(-c3ccc(CO)c(C45CC6CC(CC(C6)C4)C5)c3)ccc2c1. The van der Waals surface area contributed by atoms with Crippen molar-refractivity contribution >= 4 is 16.7 Å². The smallest absolute Gasteiger partial charge is 0.337 e. The number of aliphatic hydroxyl groups is 1. The maximum atomic E-state index is 11.9. The molecule has 0 spiro atoms. The van der Waals surface area contributed by atoms with Crippen molar-refractivity contribution in [1.82, 2.24) is 0 Å². The van der Waals surface area contributed by atoms with E-state index in [9.17, 15) is 9.90 Å². The predicted octanol–water partition coefficient (Wildman–Crippen LogP) is 6.25. The maximum absolute atomic E-state index is 11.9. The van der Waals surface area contributed by atoms with E-state index in [1.165, 1.54) is 62.3 Å². The lowest BCUT2D eigenvalue weighted by Crippen LogP contribution is -2.49. The van der Waals surface area contributed by atoms with Gasteiger partial charge in [-0.25, -0.2) is 4.79 Å². The van der Waals surface area contributed by atoms with Gasteiger partial charge in [-0.2, -0.15) is 0 Å². The predicted molar refractivity (Wildman–Crippen MR) is 126 cm³/mol. The van der Waals surface area contributed by atoms with Gasteiger partial charge in [0.15, 0.2) is 0 Å². The first kappa shape index (κ1) is 20.0. The molecule has 0 unspecified atom stereocenters. The molecular weight excluding hydrogens is 396 g/mol. The highest BCUT2D eigenvalue weighted by molar-refractivity contribution is 5.96. The van der Waals surface area contributed by atoms with Gasteiger partial charge in [0, 0.05) is 0 Å². The number of benzene rings is 3. The lowest BCUT2D eigenvalue weighted by Gasteiger charge is -2.57. The first-order valence-corrected chi connectivity index (χ1v) is 11.9. The minimum absolute atomic E-state index is 0.116. The summed E-state index contributed by atoms with van der Waals surface area (Å²) in [5.41, 5.74) is 5.74. The van der Waals surface area contributed by atoms with E-state index in [4.69, 9.17) is 4.74 Å². The van der Waals surface area contributed by atoms with Crippen LogP contribution in [0.15, 0.2) is 54.6 Å². The fourth-order valence-electron chi connectivity index (χ4n) is 7.50. The van der Waals surface area contributed by atoms with Crippen molar-refractivity contribution in [3.8, 4) is 11.1 Å². The van der Waals surface area contributed by atoms with Crippen molar-refractivity contribution in [3.05, 3.63) is 71.3 Å². The number of methoxy groups -OCH3 is 1. The summed E-state index contributed by atoms with van der Waals surface area (Å²) in [6, 6.07) is 18.8. The van der Waals surface area contributed by atoms with Crippen LogP contribution < -0.4 is 0 Å². The van der Waals surface area contributed by atoms with Crippen LogP contribution in [0.4, 0.5) is 0 Å². The van der Waals surface area contributed by atoms with Crippen molar-refractivity contribution in [2.75, 3.05) is 7.11 Å². The van der Waals surface area contributed by atoms with Crippen LogP contribution in [0.2, 0.25) is 0 Å². The Morgan fingerprint density at radius 1 is 0.875 bits per heavy atom. The molecule has 4 saturated carbocycles. The zero-order chi connectivity index (χ0) is 21.9. The molecule has 1 N–H and O–H groups in total. The van der Waals surface area contributed by atoms with E-state index >= 15 is 0 Å². The highest BCUT2D eigenvalue weighted by Crippen LogP contribution is 2.61. The molecule has 0 aromatic heterocycles. The summed E-state index contributed by atoms with van der Waals surface area (Å²) in [7, 11) is 1.41. The molecule has 3 heteroatoms. The minimum atomic E-state index is -0.309. The molecule has 7 rings (SSSR count). The molecule has 4 aliphatic carbocycles. The van der Waals surface area contributed by atoms with Crippen LogP contribution in [0.1, 0.15) is 60.0 Å². The summed E-state index contributed by atoms with van der Waals surface area (Å²) >= 11 is 0. The number of carbonyl (C=O) groups is 1. The fraction of sp³-hybridized carbons (Fsp3) is 0.414.